The van der Waals surface area contributed by atoms with Crippen molar-refractivity contribution in [3.63, 3.8) is 0 Å². The predicted molar refractivity (Wildman–Crippen MR) is 134 cm³/mol. The molecule has 2 aliphatic rings. The molecule has 3 aromatic carbocycles. The van der Waals surface area contributed by atoms with Gasteiger partial charge in [-0.25, -0.2) is 13.8 Å². The first-order valence-electron chi connectivity index (χ1n) is 11.8. The van der Waals surface area contributed by atoms with Gasteiger partial charge in [-0.1, -0.05) is 48.5 Å². The van der Waals surface area contributed by atoms with E-state index in [4.69, 9.17) is 0 Å². The molecule has 0 aromatic heterocycles. The number of anilines is 1. The van der Waals surface area contributed by atoms with E-state index in [1.165, 1.54) is 41.3 Å². The van der Waals surface area contributed by atoms with Crippen molar-refractivity contribution in [2.75, 3.05) is 4.90 Å². The zero-order valence-corrected chi connectivity index (χ0v) is 19.8. The smallest absolute Gasteiger partial charge is 0.416 e. The van der Waals surface area contributed by atoms with Crippen molar-refractivity contribution < 1.29 is 31.9 Å². The lowest BCUT2D eigenvalue weighted by atomic mass is 9.93. The molecule has 0 saturated carbocycles. The van der Waals surface area contributed by atoms with Crippen molar-refractivity contribution in [2.24, 2.45) is 4.99 Å². The second-order valence-corrected chi connectivity index (χ2v) is 9.03. The number of carboxylic acid groups (broad SMARTS) is 1. The first-order valence-corrected chi connectivity index (χ1v) is 11.8. The second-order valence-electron chi connectivity index (χ2n) is 9.03. The fourth-order valence-electron chi connectivity index (χ4n) is 4.76. The molecule has 1 heterocycles. The monoisotopic (exact) mass is 524 g/mol. The molecular weight excluding hydrogens is 503 g/mol. The molecule has 9 heteroatoms. The van der Waals surface area contributed by atoms with E-state index in [0.717, 1.165) is 23.3 Å². The lowest BCUT2D eigenvalue weighted by Crippen LogP contribution is -2.39. The Labute approximate surface area is 215 Å². The number of halogens is 5. The minimum Gasteiger partial charge on any atom is -0.481 e. The van der Waals surface area contributed by atoms with Gasteiger partial charge in [0, 0.05) is 23.2 Å². The number of rotatable bonds is 5. The lowest BCUT2D eigenvalue weighted by molar-refractivity contribution is -0.138. The number of alkyl halides is 3. The first-order chi connectivity index (χ1) is 18.1. The van der Waals surface area contributed by atoms with Crippen LogP contribution in [0.4, 0.5) is 33.3 Å². The molecule has 38 heavy (non-hydrogen) atoms. The van der Waals surface area contributed by atoms with Crippen LogP contribution in [0.2, 0.25) is 0 Å². The van der Waals surface area contributed by atoms with Gasteiger partial charge in [-0.15, -0.1) is 0 Å². The van der Waals surface area contributed by atoms with Crippen LogP contribution in [0, 0.1) is 5.82 Å². The quantitative estimate of drug-likeness (QED) is 0.344. The van der Waals surface area contributed by atoms with E-state index in [1.807, 2.05) is 0 Å². The fraction of sp³-hybridized carbons (Fsp3) is 0.172. The van der Waals surface area contributed by atoms with Crippen LogP contribution >= 0.6 is 0 Å². The number of carbonyl (C=O) groups is 1. The molecule has 4 nitrogen and oxygen atoms in total. The highest BCUT2D eigenvalue weighted by Crippen LogP contribution is 2.43. The zero-order chi connectivity index (χ0) is 27.0. The number of benzene rings is 3. The molecule has 1 aliphatic carbocycles. The maximum absolute atomic E-state index is 14.9. The van der Waals surface area contributed by atoms with Gasteiger partial charge in [0.05, 0.1) is 18.0 Å². The van der Waals surface area contributed by atoms with Crippen LogP contribution in [0.5, 0.6) is 0 Å². The molecule has 1 N–H and O–H groups in total. The van der Waals surface area contributed by atoms with Crippen LogP contribution < -0.4 is 4.90 Å². The lowest BCUT2D eigenvalue weighted by Gasteiger charge is -2.38. The SMILES string of the molecule is O=C(O)CC1c2cccc(F)c2N=C(c2ccc(C3=CC=C(F)CC3)cc2)N1c1cccc(C(F)(F)F)c1. The number of para-hydroxylation sites is 1. The number of hydrogen-bond acceptors (Lipinski definition) is 3. The zero-order valence-electron chi connectivity index (χ0n) is 19.8. The van der Waals surface area contributed by atoms with Crippen molar-refractivity contribution in [2.45, 2.75) is 31.5 Å². The van der Waals surface area contributed by atoms with Gasteiger partial charge in [-0.3, -0.25) is 4.79 Å². The molecule has 0 radical (unpaired) electrons. The van der Waals surface area contributed by atoms with E-state index >= 15 is 0 Å². The predicted octanol–water partition coefficient (Wildman–Crippen LogP) is 7.99. The summed E-state index contributed by atoms with van der Waals surface area (Å²) >= 11 is 0. The molecule has 194 valence electrons. The van der Waals surface area contributed by atoms with Crippen molar-refractivity contribution in [3.05, 3.63) is 113 Å². The summed E-state index contributed by atoms with van der Waals surface area (Å²) in [6.07, 6.45) is -1.24. The van der Waals surface area contributed by atoms with Gasteiger partial charge in [0.15, 0.2) is 0 Å². The van der Waals surface area contributed by atoms with Crippen LogP contribution in [0.15, 0.2) is 89.7 Å². The summed E-state index contributed by atoms with van der Waals surface area (Å²) in [5, 5.41) is 9.69. The number of carboxylic acids is 1. The van der Waals surface area contributed by atoms with Crippen molar-refractivity contribution in [3.8, 4) is 0 Å². The largest absolute Gasteiger partial charge is 0.481 e. The van der Waals surface area contributed by atoms with Crippen molar-refractivity contribution in [1.29, 1.82) is 0 Å². The first kappa shape index (κ1) is 25.4. The van der Waals surface area contributed by atoms with E-state index in [1.54, 1.807) is 30.3 Å². The molecule has 1 unspecified atom stereocenters. The highest BCUT2D eigenvalue weighted by Gasteiger charge is 2.37. The number of aliphatic carboxylic acids is 1. The Bertz CT molecular complexity index is 1490. The molecule has 0 fully saturated rings. The number of aliphatic imine (C=N–C) groups is 1. The number of fused-ring (bicyclic) bond motifs is 1. The summed E-state index contributed by atoms with van der Waals surface area (Å²) in [7, 11) is 0. The molecule has 1 atom stereocenters. The summed E-state index contributed by atoms with van der Waals surface area (Å²) in [6.45, 7) is 0. The Kier molecular flexibility index (Phi) is 6.60. The Hall–Kier alpha value is -4.27. The summed E-state index contributed by atoms with van der Waals surface area (Å²) in [5.74, 6) is -1.97. The molecule has 3 aromatic rings. The molecular formula is C29H21F5N2O2. The number of nitrogens with zero attached hydrogens (tertiary/aromatic N) is 2. The highest BCUT2D eigenvalue weighted by atomic mass is 19.4. The minimum atomic E-state index is -4.63. The van der Waals surface area contributed by atoms with E-state index in [9.17, 15) is 31.9 Å². The Morgan fingerprint density at radius 2 is 1.66 bits per heavy atom. The van der Waals surface area contributed by atoms with Crippen molar-refractivity contribution in [1.82, 2.24) is 0 Å². The molecule has 0 bridgehead atoms. The van der Waals surface area contributed by atoms with Crippen LogP contribution in [-0.2, 0) is 11.0 Å². The normalized spacial score (nSPS) is 17.3. The topological polar surface area (TPSA) is 52.9 Å². The van der Waals surface area contributed by atoms with Crippen LogP contribution in [0.3, 0.4) is 0 Å². The number of hydrogen-bond donors (Lipinski definition) is 1. The van der Waals surface area contributed by atoms with Gasteiger partial charge in [0.25, 0.3) is 0 Å². The standard InChI is InChI=1S/C29H21F5N2O2/c30-21-13-11-18(12-14-21)17-7-9-19(10-8-17)28-35-27-23(5-2-6-24(27)31)25(16-26(37)38)36(28)22-4-1-3-20(15-22)29(32,33)34/h1-11,13,15,25H,12,14,16H2,(H,37,38). The van der Waals surface area contributed by atoms with E-state index in [2.05, 4.69) is 4.99 Å². The Morgan fingerprint density at radius 1 is 0.947 bits per heavy atom. The van der Waals surface area contributed by atoms with Gasteiger partial charge in [0.1, 0.15) is 23.2 Å². The van der Waals surface area contributed by atoms with Gasteiger partial charge in [-0.05, 0) is 47.9 Å². The molecule has 0 saturated heterocycles. The molecule has 0 amide bonds. The summed E-state index contributed by atoms with van der Waals surface area (Å²) in [6, 6.07) is 14.6. The third-order valence-corrected chi connectivity index (χ3v) is 6.57. The van der Waals surface area contributed by atoms with Crippen LogP contribution in [0.1, 0.15) is 47.6 Å². The fourth-order valence-corrected chi connectivity index (χ4v) is 4.76. The third kappa shape index (κ3) is 4.96. The van der Waals surface area contributed by atoms with Gasteiger partial charge in [0.2, 0.25) is 0 Å². The summed E-state index contributed by atoms with van der Waals surface area (Å²) < 4.78 is 69.0. The van der Waals surface area contributed by atoms with E-state index < -0.39 is 36.0 Å². The van der Waals surface area contributed by atoms with Gasteiger partial charge >= 0.3 is 12.1 Å². The Morgan fingerprint density at radius 3 is 2.32 bits per heavy atom. The highest BCUT2D eigenvalue weighted by molar-refractivity contribution is 6.13. The maximum atomic E-state index is 14.9. The van der Waals surface area contributed by atoms with E-state index in [-0.39, 0.29) is 35.0 Å². The maximum Gasteiger partial charge on any atom is 0.416 e. The van der Waals surface area contributed by atoms with Gasteiger partial charge in [-0.2, -0.15) is 13.2 Å². The minimum absolute atomic E-state index is 0.0587. The van der Waals surface area contributed by atoms with Gasteiger partial charge < -0.3 is 10.0 Å². The van der Waals surface area contributed by atoms with E-state index in [0.29, 0.717) is 12.0 Å². The Balaban J connectivity index is 1.67. The second kappa shape index (κ2) is 9.89. The third-order valence-electron chi connectivity index (χ3n) is 6.57. The summed E-state index contributed by atoms with van der Waals surface area (Å²) in [5.41, 5.74) is 1.55. The average Bonchev–Trinajstić information content (AvgIpc) is 2.89. The van der Waals surface area contributed by atoms with Crippen LogP contribution in [-0.4, -0.2) is 16.9 Å². The van der Waals surface area contributed by atoms with Crippen molar-refractivity contribution >= 4 is 28.8 Å². The average molecular weight is 524 g/mol. The molecule has 0 spiro atoms. The summed E-state index contributed by atoms with van der Waals surface area (Å²) in [4.78, 5) is 17.8. The number of amidine groups is 1. The van der Waals surface area contributed by atoms with Crippen LogP contribution in [0.25, 0.3) is 5.57 Å². The number of allylic oxidation sites excluding steroid dienone is 4. The molecule has 5 rings (SSSR count). The molecule has 1 aliphatic heterocycles.